The van der Waals surface area contributed by atoms with Crippen LogP contribution in [0.15, 0.2) is 18.3 Å². The number of halogens is 2. The van der Waals surface area contributed by atoms with Gasteiger partial charge in [0, 0.05) is 19.3 Å². The summed E-state index contributed by atoms with van der Waals surface area (Å²) in [6, 6.07) is 1.54. The van der Waals surface area contributed by atoms with Crippen molar-refractivity contribution in [2.75, 3.05) is 36.5 Å². The quantitative estimate of drug-likeness (QED) is 0.648. The van der Waals surface area contributed by atoms with Crippen LogP contribution >= 0.6 is 0 Å². The Morgan fingerprint density at radius 3 is 2.54 bits per heavy atom. The molecule has 1 aliphatic heterocycles. The molecule has 0 spiro atoms. The first kappa shape index (κ1) is 19.9. The van der Waals surface area contributed by atoms with Crippen LogP contribution in [0, 0.1) is 11.6 Å². The molecule has 0 unspecified atom stereocenters. The minimum absolute atomic E-state index is 0.189. The molecule has 0 atom stereocenters. The van der Waals surface area contributed by atoms with Gasteiger partial charge < -0.3 is 15.8 Å². The van der Waals surface area contributed by atoms with E-state index in [1.54, 1.807) is 0 Å². The summed E-state index contributed by atoms with van der Waals surface area (Å²) in [5.74, 6) is -4.40. The molecule has 150 valence electrons. The molecule has 2 aromatic rings. The Bertz CT molecular complexity index is 1040. The molecular weight excluding hydrogens is 396 g/mol. The number of hydrogen-bond donors (Lipinski definition) is 2. The minimum Gasteiger partial charge on any atom is -0.496 e. The van der Waals surface area contributed by atoms with Gasteiger partial charge in [-0.3, -0.25) is 4.79 Å². The van der Waals surface area contributed by atoms with E-state index in [0.29, 0.717) is 13.1 Å². The highest BCUT2D eigenvalue weighted by molar-refractivity contribution is 7.92. The number of hydrogen-bond acceptors (Lipinski definition) is 8. The summed E-state index contributed by atoms with van der Waals surface area (Å²) in [6.07, 6.45) is 1.98. The zero-order valence-electron chi connectivity index (χ0n) is 14.9. The zero-order valence-corrected chi connectivity index (χ0v) is 15.8. The fourth-order valence-electron chi connectivity index (χ4n) is 2.74. The van der Waals surface area contributed by atoms with Crippen molar-refractivity contribution < 1.29 is 26.7 Å². The van der Waals surface area contributed by atoms with Crippen molar-refractivity contribution in [3.63, 3.8) is 0 Å². The van der Waals surface area contributed by atoms with Crippen LogP contribution in [-0.4, -0.2) is 56.7 Å². The van der Waals surface area contributed by atoms with E-state index in [1.807, 2.05) is 0 Å². The number of ketones is 1. The summed E-state index contributed by atoms with van der Waals surface area (Å²) in [5.41, 5.74) is 4.84. The standard InChI is InChI=1S/C16H17F2N5O4S/c1-27-11-4-3-10(17)13(18)12(11)14(24)9-7-21-16(22-15(9)19)23(28(2,25)26)8-5-20-6-8/h3-4,7-8,20H,5-6H2,1-2H3,(H2,19,21,22). The average molecular weight is 413 g/mol. The number of aromatic nitrogens is 2. The van der Waals surface area contributed by atoms with Gasteiger partial charge in [0.05, 0.1) is 25.0 Å². The summed E-state index contributed by atoms with van der Waals surface area (Å²) in [6.45, 7) is 0.811. The number of carbonyl (C=O) groups excluding carboxylic acids is 1. The van der Waals surface area contributed by atoms with Crippen LogP contribution in [0.4, 0.5) is 20.5 Å². The lowest BCUT2D eigenvalue weighted by Crippen LogP contribution is -2.59. The van der Waals surface area contributed by atoms with Crippen molar-refractivity contribution in [1.29, 1.82) is 0 Å². The van der Waals surface area contributed by atoms with E-state index in [9.17, 15) is 22.0 Å². The third-order valence-electron chi connectivity index (χ3n) is 4.20. The van der Waals surface area contributed by atoms with Crippen molar-refractivity contribution in [2.45, 2.75) is 6.04 Å². The zero-order chi connectivity index (χ0) is 20.6. The molecule has 3 N–H and O–H groups in total. The fourth-order valence-corrected chi connectivity index (χ4v) is 3.81. The second kappa shape index (κ2) is 7.28. The Kier molecular flexibility index (Phi) is 5.17. The molecule has 0 amide bonds. The number of nitrogens with two attached hydrogens (primary N) is 1. The molecule has 3 rings (SSSR count). The summed E-state index contributed by atoms with van der Waals surface area (Å²) in [7, 11) is -2.51. The van der Waals surface area contributed by atoms with Gasteiger partial charge in [-0.05, 0) is 12.1 Å². The van der Waals surface area contributed by atoms with Crippen molar-refractivity contribution in [3.8, 4) is 5.75 Å². The molecule has 2 heterocycles. The fraction of sp³-hybridized carbons (Fsp3) is 0.312. The van der Waals surface area contributed by atoms with Gasteiger partial charge in [-0.2, -0.15) is 4.98 Å². The molecule has 0 bridgehead atoms. The number of methoxy groups -OCH3 is 1. The highest BCUT2D eigenvalue weighted by atomic mass is 32.2. The number of anilines is 2. The van der Waals surface area contributed by atoms with E-state index in [-0.39, 0.29) is 23.1 Å². The Balaban J connectivity index is 2.04. The van der Waals surface area contributed by atoms with Crippen molar-refractivity contribution in [1.82, 2.24) is 15.3 Å². The average Bonchev–Trinajstić information content (AvgIpc) is 2.58. The largest absolute Gasteiger partial charge is 0.496 e. The second-order valence-corrected chi connectivity index (χ2v) is 7.97. The Labute approximate surface area is 159 Å². The predicted octanol–water partition coefficient (Wildman–Crippen LogP) is 0.314. The maximum Gasteiger partial charge on any atom is 0.241 e. The molecule has 28 heavy (non-hydrogen) atoms. The molecule has 0 saturated carbocycles. The Hall–Kier alpha value is -2.86. The molecule has 0 aliphatic carbocycles. The summed E-state index contributed by atoms with van der Waals surface area (Å²) in [4.78, 5) is 20.5. The normalized spacial score (nSPS) is 14.4. The lowest BCUT2D eigenvalue weighted by atomic mass is 10.0. The van der Waals surface area contributed by atoms with E-state index < -0.39 is 39.0 Å². The van der Waals surface area contributed by atoms with Crippen molar-refractivity contribution >= 4 is 27.6 Å². The monoisotopic (exact) mass is 413 g/mol. The minimum atomic E-state index is -3.70. The van der Waals surface area contributed by atoms with E-state index in [1.165, 1.54) is 7.11 Å². The van der Waals surface area contributed by atoms with Crippen LogP contribution < -0.4 is 20.1 Å². The van der Waals surface area contributed by atoms with Crippen LogP contribution in [0.3, 0.4) is 0 Å². The summed E-state index contributed by atoms with van der Waals surface area (Å²) >= 11 is 0. The van der Waals surface area contributed by atoms with Crippen LogP contribution in [0.5, 0.6) is 5.75 Å². The van der Waals surface area contributed by atoms with E-state index in [4.69, 9.17) is 10.5 Å². The molecule has 1 aliphatic rings. The van der Waals surface area contributed by atoms with Crippen LogP contribution in [0.2, 0.25) is 0 Å². The van der Waals surface area contributed by atoms with Crippen molar-refractivity contribution in [3.05, 3.63) is 41.1 Å². The number of rotatable bonds is 6. The van der Waals surface area contributed by atoms with Gasteiger partial charge in [0.2, 0.25) is 21.8 Å². The smallest absolute Gasteiger partial charge is 0.241 e. The molecule has 12 heteroatoms. The number of ether oxygens (including phenoxy) is 1. The Morgan fingerprint density at radius 2 is 2.04 bits per heavy atom. The van der Waals surface area contributed by atoms with Gasteiger partial charge in [-0.15, -0.1) is 0 Å². The maximum absolute atomic E-state index is 14.2. The summed E-state index contributed by atoms with van der Waals surface area (Å²) in [5, 5.41) is 2.94. The number of nitrogens with zero attached hydrogens (tertiary/aromatic N) is 3. The molecular formula is C16H17F2N5O4S. The van der Waals surface area contributed by atoms with Gasteiger partial charge in [-0.25, -0.2) is 26.5 Å². The molecule has 1 saturated heterocycles. The van der Waals surface area contributed by atoms with Crippen molar-refractivity contribution in [2.24, 2.45) is 0 Å². The van der Waals surface area contributed by atoms with Crippen LogP contribution in [0.25, 0.3) is 0 Å². The van der Waals surface area contributed by atoms with Gasteiger partial charge in [0.1, 0.15) is 17.1 Å². The second-order valence-electron chi connectivity index (χ2n) is 6.11. The molecule has 1 aromatic carbocycles. The number of carbonyl (C=O) groups is 1. The van der Waals surface area contributed by atoms with E-state index >= 15 is 0 Å². The first-order valence-corrected chi connectivity index (χ1v) is 9.89. The summed E-state index contributed by atoms with van der Waals surface area (Å²) < 4.78 is 57.9. The molecule has 1 fully saturated rings. The number of nitrogen functional groups attached to an aromatic ring is 1. The SMILES string of the molecule is COc1ccc(F)c(F)c1C(=O)c1cnc(N(C2CNC2)S(C)(=O)=O)nc1N. The predicted molar refractivity (Wildman–Crippen MR) is 96.8 cm³/mol. The highest BCUT2D eigenvalue weighted by Gasteiger charge is 2.34. The highest BCUT2D eigenvalue weighted by Crippen LogP contribution is 2.28. The van der Waals surface area contributed by atoms with Gasteiger partial charge in [0.25, 0.3) is 0 Å². The first-order valence-electron chi connectivity index (χ1n) is 8.04. The lowest BCUT2D eigenvalue weighted by molar-refractivity contribution is 0.103. The van der Waals surface area contributed by atoms with Crippen LogP contribution in [0.1, 0.15) is 15.9 Å². The third-order valence-corrected chi connectivity index (χ3v) is 5.38. The topological polar surface area (TPSA) is 128 Å². The van der Waals surface area contributed by atoms with E-state index in [0.717, 1.165) is 28.9 Å². The number of benzene rings is 1. The Morgan fingerprint density at radius 1 is 1.36 bits per heavy atom. The third kappa shape index (κ3) is 3.47. The molecule has 1 aromatic heterocycles. The maximum atomic E-state index is 14.2. The molecule has 0 radical (unpaired) electrons. The number of nitrogens with one attached hydrogen (secondary N) is 1. The number of sulfonamides is 1. The molecule has 9 nitrogen and oxygen atoms in total. The lowest BCUT2D eigenvalue weighted by Gasteiger charge is -2.36. The van der Waals surface area contributed by atoms with Crippen LogP contribution in [-0.2, 0) is 10.0 Å². The van der Waals surface area contributed by atoms with Gasteiger partial charge in [0.15, 0.2) is 11.6 Å². The first-order chi connectivity index (χ1) is 13.1. The van der Waals surface area contributed by atoms with E-state index in [2.05, 4.69) is 15.3 Å². The van der Waals surface area contributed by atoms with Gasteiger partial charge >= 0.3 is 0 Å². The van der Waals surface area contributed by atoms with Gasteiger partial charge in [-0.1, -0.05) is 0 Å².